The second-order valence-corrected chi connectivity index (χ2v) is 3.79. The van der Waals surface area contributed by atoms with E-state index in [-0.39, 0.29) is 5.56 Å². The van der Waals surface area contributed by atoms with Gasteiger partial charge in [-0.05, 0) is 37.1 Å². The van der Waals surface area contributed by atoms with Gasteiger partial charge in [-0.2, -0.15) is 0 Å². The number of rotatable bonds is 1. The zero-order valence-corrected chi connectivity index (χ0v) is 9.46. The van der Waals surface area contributed by atoms with Crippen LogP contribution in [0, 0.1) is 25.5 Å². The van der Waals surface area contributed by atoms with Crippen molar-refractivity contribution >= 4 is 5.82 Å². The van der Waals surface area contributed by atoms with E-state index in [0.29, 0.717) is 17.1 Å². The molecule has 0 aliphatic carbocycles. The largest absolute Gasteiger partial charge is 0.382 e. The molecule has 17 heavy (non-hydrogen) atoms. The quantitative estimate of drug-likeness (QED) is 0.826. The average Bonchev–Trinajstić information content (AvgIpc) is 2.31. The van der Waals surface area contributed by atoms with Crippen molar-refractivity contribution in [3.63, 3.8) is 0 Å². The molecule has 2 N–H and O–H groups in total. The molecule has 0 aliphatic heterocycles. The molecule has 3 nitrogen and oxygen atoms in total. The molecule has 0 bridgehead atoms. The van der Waals surface area contributed by atoms with Gasteiger partial charge in [0.1, 0.15) is 5.82 Å². The second kappa shape index (κ2) is 4.08. The van der Waals surface area contributed by atoms with Gasteiger partial charge in [0, 0.05) is 5.56 Å². The van der Waals surface area contributed by atoms with E-state index >= 15 is 0 Å². The van der Waals surface area contributed by atoms with Crippen molar-refractivity contribution in [1.29, 1.82) is 0 Å². The summed E-state index contributed by atoms with van der Waals surface area (Å²) in [7, 11) is 0. The van der Waals surface area contributed by atoms with Crippen LogP contribution >= 0.6 is 0 Å². The van der Waals surface area contributed by atoms with Crippen molar-refractivity contribution in [1.82, 2.24) is 10.2 Å². The van der Waals surface area contributed by atoms with Crippen LogP contribution < -0.4 is 5.73 Å². The number of nitrogen functional groups attached to an aromatic ring is 1. The Morgan fingerprint density at radius 3 is 2.47 bits per heavy atom. The third-order valence-corrected chi connectivity index (χ3v) is 2.77. The number of nitrogens with two attached hydrogens (primary N) is 1. The normalized spacial score (nSPS) is 10.6. The Balaban J connectivity index is 2.69. The maximum atomic E-state index is 13.6. The highest BCUT2D eigenvalue weighted by atomic mass is 19.2. The molecule has 2 aromatic rings. The molecule has 0 spiro atoms. The predicted molar refractivity (Wildman–Crippen MR) is 61.3 cm³/mol. The standard InChI is InChI=1S/C12H11F2N3/c1-6-7(2)12(15)17-16-11(6)8-4-3-5-9(13)10(8)14/h3-5H,1-2H3,(H2,15,17). The lowest BCUT2D eigenvalue weighted by Gasteiger charge is -2.09. The fraction of sp³-hybridized carbons (Fsp3) is 0.167. The number of hydrogen-bond acceptors (Lipinski definition) is 3. The fourth-order valence-electron chi connectivity index (χ4n) is 1.57. The van der Waals surface area contributed by atoms with Crippen LogP contribution in [0.1, 0.15) is 11.1 Å². The van der Waals surface area contributed by atoms with E-state index < -0.39 is 11.6 Å². The van der Waals surface area contributed by atoms with Crippen LogP contribution in [0.15, 0.2) is 18.2 Å². The highest BCUT2D eigenvalue weighted by Gasteiger charge is 2.15. The summed E-state index contributed by atoms with van der Waals surface area (Å²) in [6.07, 6.45) is 0. The Bertz CT molecular complexity index is 582. The molecular formula is C12H11F2N3. The SMILES string of the molecule is Cc1c(N)nnc(-c2cccc(F)c2F)c1C. The lowest BCUT2D eigenvalue weighted by Crippen LogP contribution is -2.03. The first-order valence-electron chi connectivity index (χ1n) is 5.06. The highest BCUT2D eigenvalue weighted by Crippen LogP contribution is 2.27. The molecule has 0 unspecified atom stereocenters. The molecule has 2 rings (SSSR count). The topological polar surface area (TPSA) is 51.8 Å². The molecule has 0 radical (unpaired) electrons. The molecule has 0 atom stereocenters. The number of hydrogen-bond donors (Lipinski definition) is 1. The van der Waals surface area contributed by atoms with Gasteiger partial charge in [-0.25, -0.2) is 8.78 Å². The molecular weight excluding hydrogens is 224 g/mol. The van der Waals surface area contributed by atoms with Crippen molar-refractivity contribution in [3.8, 4) is 11.3 Å². The number of anilines is 1. The van der Waals surface area contributed by atoms with Gasteiger partial charge < -0.3 is 5.73 Å². The van der Waals surface area contributed by atoms with Crippen molar-refractivity contribution in [2.24, 2.45) is 0 Å². The summed E-state index contributed by atoms with van der Waals surface area (Å²) >= 11 is 0. The van der Waals surface area contributed by atoms with Gasteiger partial charge in [0.25, 0.3) is 0 Å². The van der Waals surface area contributed by atoms with Gasteiger partial charge in [0.2, 0.25) is 0 Å². The van der Waals surface area contributed by atoms with Crippen LogP contribution in [-0.2, 0) is 0 Å². The van der Waals surface area contributed by atoms with Gasteiger partial charge in [-0.15, -0.1) is 10.2 Å². The Morgan fingerprint density at radius 2 is 1.76 bits per heavy atom. The summed E-state index contributed by atoms with van der Waals surface area (Å²) in [5.41, 5.74) is 7.42. The Kier molecular flexibility index (Phi) is 2.75. The van der Waals surface area contributed by atoms with Gasteiger partial charge >= 0.3 is 0 Å². The summed E-state index contributed by atoms with van der Waals surface area (Å²) in [4.78, 5) is 0. The summed E-state index contributed by atoms with van der Waals surface area (Å²) in [6.45, 7) is 3.51. The first kappa shape index (κ1) is 11.4. The third kappa shape index (κ3) is 1.84. The molecule has 0 saturated heterocycles. The van der Waals surface area contributed by atoms with Crippen LogP contribution in [0.2, 0.25) is 0 Å². The van der Waals surface area contributed by atoms with E-state index in [1.165, 1.54) is 12.1 Å². The number of benzene rings is 1. The van der Waals surface area contributed by atoms with Crippen LogP contribution in [0.4, 0.5) is 14.6 Å². The molecule has 1 heterocycles. The maximum absolute atomic E-state index is 13.6. The summed E-state index contributed by atoms with van der Waals surface area (Å²) in [6, 6.07) is 3.96. The van der Waals surface area contributed by atoms with Crippen LogP contribution in [-0.4, -0.2) is 10.2 Å². The molecule has 1 aromatic heterocycles. The van der Waals surface area contributed by atoms with Crippen LogP contribution in [0.5, 0.6) is 0 Å². The monoisotopic (exact) mass is 235 g/mol. The molecule has 0 aliphatic rings. The van der Waals surface area contributed by atoms with E-state index in [1.54, 1.807) is 13.8 Å². The van der Waals surface area contributed by atoms with E-state index in [0.717, 1.165) is 11.6 Å². The van der Waals surface area contributed by atoms with Gasteiger partial charge in [-0.1, -0.05) is 6.07 Å². The lowest BCUT2D eigenvalue weighted by atomic mass is 10.0. The van der Waals surface area contributed by atoms with Crippen LogP contribution in [0.3, 0.4) is 0 Å². The van der Waals surface area contributed by atoms with Crippen LogP contribution in [0.25, 0.3) is 11.3 Å². The van der Waals surface area contributed by atoms with Gasteiger partial charge in [0.15, 0.2) is 11.6 Å². The van der Waals surface area contributed by atoms with E-state index in [9.17, 15) is 8.78 Å². The Morgan fingerprint density at radius 1 is 1.06 bits per heavy atom. The number of aromatic nitrogens is 2. The summed E-state index contributed by atoms with van der Waals surface area (Å²) < 4.78 is 26.8. The lowest BCUT2D eigenvalue weighted by molar-refractivity contribution is 0.510. The van der Waals surface area contributed by atoms with Crippen molar-refractivity contribution < 1.29 is 8.78 Å². The zero-order valence-electron chi connectivity index (χ0n) is 9.46. The molecule has 88 valence electrons. The van der Waals surface area contributed by atoms with Gasteiger partial charge in [0.05, 0.1) is 5.69 Å². The predicted octanol–water partition coefficient (Wildman–Crippen LogP) is 2.62. The average molecular weight is 235 g/mol. The van der Waals surface area contributed by atoms with Gasteiger partial charge in [-0.3, -0.25) is 0 Å². The Hall–Kier alpha value is -2.04. The second-order valence-electron chi connectivity index (χ2n) is 3.79. The molecule has 0 amide bonds. The van der Waals surface area contributed by atoms with E-state index in [1.807, 2.05) is 0 Å². The molecule has 0 saturated carbocycles. The minimum Gasteiger partial charge on any atom is -0.382 e. The summed E-state index contributed by atoms with van der Waals surface area (Å²) in [5, 5.41) is 7.55. The van der Waals surface area contributed by atoms with E-state index in [2.05, 4.69) is 10.2 Å². The zero-order chi connectivity index (χ0) is 12.6. The number of nitrogens with zero attached hydrogens (tertiary/aromatic N) is 2. The fourth-order valence-corrected chi connectivity index (χ4v) is 1.57. The minimum absolute atomic E-state index is 0.0955. The third-order valence-electron chi connectivity index (χ3n) is 2.77. The number of halogens is 2. The molecule has 1 aromatic carbocycles. The molecule has 0 fully saturated rings. The van der Waals surface area contributed by atoms with Crippen molar-refractivity contribution in [3.05, 3.63) is 41.0 Å². The Labute approximate surface area is 97.3 Å². The summed E-state index contributed by atoms with van der Waals surface area (Å²) in [5.74, 6) is -1.53. The minimum atomic E-state index is -0.922. The molecule has 5 heteroatoms. The smallest absolute Gasteiger partial charge is 0.168 e. The first-order chi connectivity index (χ1) is 8.02. The van der Waals surface area contributed by atoms with Crippen molar-refractivity contribution in [2.45, 2.75) is 13.8 Å². The van der Waals surface area contributed by atoms with E-state index in [4.69, 9.17) is 5.73 Å². The maximum Gasteiger partial charge on any atom is 0.168 e. The first-order valence-corrected chi connectivity index (χ1v) is 5.06. The highest BCUT2D eigenvalue weighted by molar-refractivity contribution is 5.66. The van der Waals surface area contributed by atoms with Crippen molar-refractivity contribution in [2.75, 3.05) is 5.73 Å².